The summed E-state index contributed by atoms with van der Waals surface area (Å²) in [6.45, 7) is 4.05. The third-order valence-electron chi connectivity index (χ3n) is 7.02. The molecule has 206 valence electrons. The summed E-state index contributed by atoms with van der Waals surface area (Å²) in [5.74, 6) is 2.34. The molecule has 2 atom stereocenters. The third kappa shape index (κ3) is 7.43. The highest BCUT2D eigenvalue weighted by atomic mass is 16.6. The maximum Gasteiger partial charge on any atom is 0.407 e. The van der Waals surface area contributed by atoms with Gasteiger partial charge >= 0.3 is 6.09 Å². The van der Waals surface area contributed by atoms with Gasteiger partial charge in [0, 0.05) is 18.9 Å². The van der Waals surface area contributed by atoms with Crippen LogP contribution in [0.5, 0.6) is 17.2 Å². The molecule has 1 N–H and O–H groups in total. The molecule has 0 saturated carbocycles. The van der Waals surface area contributed by atoms with Crippen molar-refractivity contribution in [2.24, 2.45) is 0 Å². The van der Waals surface area contributed by atoms with Crippen LogP contribution in [-0.2, 0) is 22.7 Å². The molecular formula is C31H35NO7. The molecule has 5 rings (SSSR count). The second-order valence-electron chi connectivity index (χ2n) is 9.76. The van der Waals surface area contributed by atoms with Crippen LogP contribution in [0.4, 0.5) is 4.79 Å². The highest BCUT2D eigenvalue weighted by Crippen LogP contribution is 2.34. The molecule has 2 aliphatic rings. The molecule has 2 heterocycles. The molecule has 39 heavy (non-hydrogen) atoms. The van der Waals surface area contributed by atoms with Gasteiger partial charge in [-0.1, -0.05) is 48.5 Å². The van der Waals surface area contributed by atoms with Crippen LogP contribution in [0.1, 0.15) is 35.4 Å². The van der Waals surface area contributed by atoms with Gasteiger partial charge in [0.1, 0.15) is 19.0 Å². The van der Waals surface area contributed by atoms with E-state index in [4.69, 9.17) is 23.7 Å². The summed E-state index contributed by atoms with van der Waals surface area (Å²) >= 11 is 0. The number of fused-ring (bicyclic) bond motifs is 1. The van der Waals surface area contributed by atoms with Crippen molar-refractivity contribution in [1.82, 2.24) is 4.90 Å². The van der Waals surface area contributed by atoms with Gasteiger partial charge in [-0.15, -0.1) is 0 Å². The summed E-state index contributed by atoms with van der Waals surface area (Å²) in [5.41, 5.74) is 3.24. The number of ether oxygens (including phenoxy) is 5. The van der Waals surface area contributed by atoms with Gasteiger partial charge in [0.25, 0.3) is 0 Å². The normalized spacial score (nSPS) is 18.5. The molecule has 0 radical (unpaired) electrons. The topological polar surface area (TPSA) is 86.7 Å². The van der Waals surface area contributed by atoms with Gasteiger partial charge in [-0.2, -0.15) is 0 Å². The number of carboxylic acid groups (broad SMARTS) is 1. The van der Waals surface area contributed by atoms with Crippen LogP contribution in [0.25, 0.3) is 0 Å². The van der Waals surface area contributed by atoms with Gasteiger partial charge < -0.3 is 33.7 Å². The molecule has 0 spiro atoms. The Morgan fingerprint density at radius 3 is 2.49 bits per heavy atom. The Morgan fingerprint density at radius 2 is 1.69 bits per heavy atom. The summed E-state index contributed by atoms with van der Waals surface area (Å²) in [5, 5.41) is 9.58. The van der Waals surface area contributed by atoms with Gasteiger partial charge in [-0.25, -0.2) is 4.79 Å². The Morgan fingerprint density at radius 1 is 0.897 bits per heavy atom. The van der Waals surface area contributed by atoms with Crippen molar-refractivity contribution < 1.29 is 33.6 Å². The second kappa shape index (κ2) is 13.4. The minimum atomic E-state index is -0.919. The Labute approximate surface area is 229 Å². The molecule has 3 aromatic carbocycles. The monoisotopic (exact) mass is 533 g/mol. The van der Waals surface area contributed by atoms with E-state index in [1.165, 1.54) is 4.90 Å². The Hall–Kier alpha value is -3.75. The Balaban J connectivity index is 1.13. The van der Waals surface area contributed by atoms with Crippen LogP contribution < -0.4 is 14.2 Å². The standard InChI is InChI=1S/C31H35NO7/c33-31(34)32-14-13-27(30(20-32)39-22-24-7-12-28-29(19-24)38-18-17-37-28)25-8-10-26(11-9-25)36-16-4-15-35-21-23-5-2-1-3-6-23/h1-3,5-12,19,27,30H,4,13-18,20-22H2,(H,33,34). The minimum absolute atomic E-state index is 0.0817. The lowest BCUT2D eigenvalue weighted by Crippen LogP contribution is -2.46. The van der Waals surface area contributed by atoms with Crippen molar-refractivity contribution in [3.63, 3.8) is 0 Å². The molecule has 1 amide bonds. The summed E-state index contributed by atoms with van der Waals surface area (Å²) < 4.78 is 29.2. The summed E-state index contributed by atoms with van der Waals surface area (Å²) in [6, 6.07) is 24.0. The fourth-order valence-corrected chi connectivity index (χ4v) is 4.95. The maximum absolute atomic E-state index is 11.7. The van der Waals surface area contributed by atoms with Crippen LogP contribution in [0.3, 0.4) is 0 Å². The lowest BCUT2D eigenvalue weighted by Gasteiger charge is -2.37. The van der Waals surface area contributed by atoms with Gasteiger partial charge in [-0.05, 0) is 47.4 Å². The van der Waals surface area contributed by atoms with Gasteiger partial charge in [-0.3, -0.25) is 0 Å². The second-order valence-corrected chi connectivity index (χ2v) is 9.76. The van der Waals surface area contributed by atoms with E-state index in [1.807, 2.05) is 48.5 Å². The van der Waals surface area contributed by atoms with Crippen molar-refractivity contribution in [3.8, 4) is 17.2 Å². The number of amides is 1. The molecule has 8 nitrogen and oxygen atoms in total. The van der Waals surface area contributed by atoms with Crippen LogP contribution in [0.15, 0.2) is 72.8 Å². The first-order valence-electron chi connectivity index (χ1n) is 13.5. The number of rotatable bonds is 11. The smallest absolute Gasteiger partial charge is 0.407 e. The largest absolute Gasteiger partial charge is 0.494 e. The van der Waals surface area contributed by atoms with Crippen molar-refractivity contribution in [2.75, 3.05) is 39.5 Å². The number of hydrogen-bond acceptors (Lipinski definition) is 6. The fourth-order valence-electron chi connectivity index (χ4n) is 4.95. The highest BCUT2D eigenvalue weighted by molar-refractivity contribution is 5.65. The molecule has 0 aromatic heterocycles. The zero-order valence-corrected chi connectivity index (χ0v) is 22.0. The Bertz CT molecular complexity index is 1200. The van der Waals surface area contributed by atoms with E-state index >= 15 is 0 Å². The molecule has 2 aliphatic heterocycles. The van der Waals surface area contributed by atoms with Crippen molar-refractivity contribution in [3.05, 3.63) is 89.5 Å². The van der Waals surface area contributed by atoms with E-state index in [0.717, 1.165) is 34.6 Å². The first-order chi connectivity index (χ1) is 19.2. The maximum atomic E-state index is 11.7. The molecular weight excluding hydrogens is 498 g/mol. The van der Waals surface area contributed by atoms with E-state index in [9.17, 15) is 9.90 Å². The number of hydrogen-bond donors (Lipinski definition) is 1. The average molecular weight is 534 g/mol. The first-order valence-corrected chi connectivity index (χ1v) is 13.5. The van der Waals surface area contributed by atoms with E-state index in [2.05, 4.69) is 24.3 Å². The quantitative estimate of drug-likeness (QED) is 0.326. The summed E-state index contributed by atoms with van der Waals surface area (Å²) in [6.07, 6.45) is 0.309. The van der Waals surface area contributed by atoms with Gasteiger partial charge in [0.2, 0.25) is 0 Å². The highest BCUT2D eigenvalue weighted by Gasteiger charge is 2.33. The van der Waals surface area contributed by atoms with E-state index < -0.39 is 6.09 Å². The minimum Gasteiger partial charge on any atom is -0.494 e. The number of benzene rings is 3. The SMILES string of the molecule is O=C(O)N1CCC(c2ccc(OCCCOCc3ccccc3)cc2)C(OCc2ccc3c(c2)OCCO3)C1. The predicted octanol–water partition coefficient (Wildman–Crippen LogP) is 5.50. The van der Waals surface area contributed by atoms with Crippen LogP contribution >= 0.6 is 0 Å². The zero-order chi connectivity index (χ0) is 26.9. The number of likely N-dealkylation sites (tertiary alicyclic amines) is 1. The van der Waals surface area contributed by atoms with Gasteiger partial charge in [0.15, 0.2) is 11.5 Å². The van der Waals surface area contributed by atoms with E-state index in [1.54, 1.807) is 0 Å². The van der Waals surface area contributed by atoms with Crippen molar-refractivity contribution in [1.29, 1.82) is 0 Å². The lowest BCUT2D eigenvalue weighted by atomic mass is 9.87. The molecule has 8 heteroatoms. The molecule has 3 aromatic rings. The van der Waals surface area contributed by atoms with Crippen LogP contribution in [-0.4, -0.2) is 61.7 Å². The van der Waals surface area contributed by atoms with Crippen LogP contribution in [0, 0.1) is 0 Å². The summed E-state index contributed by atoms with van der Waals surface area (Å²) in [7, 11) is 0. The van der Waals surface area contributed by atoms with Crippen molar-refractivity contribution in [2.45, 2.75) is 38.1 Å². The molecule has 2 unspecified atom stereocenters. The summed E-state index contributed by atoms with van der Waals surface area (Å²) in [4.78, 5) is 13.1. The molecule has 1 fully saturated rings. The Kier molecular flexibility index (Phi) is 9.19. The van der Waals surface area contributed by atoms with E-state index in [-0.39, 0.29) is 12.0 Å². The number of carbonyl (C=O) groups is 1. The molecule has 1 saturated heterocycles. The number of piperidine rings is 1. The van der Waals surface area contributed by atoms with Crippen LogP contribution in [0.2, 0.25) is 0 Å². The van der Waals surface area contributed by atoms with Gasteiger partial charge in [0.05, 0.1) is 39.1 Å². The average Bonchev–Trinajstić information content (AvgIpc) is 2.98. The predicted molar refractivity (Wildman–Crippen MR) is 146 cm³/mol. The number of nitrogens with zero attached hydrogens (tertiary/aromatic N) is 1. The zero-order valence-electron chi connectivity index (χ0n) is 22.0. The first kappa shape index (κ1) is 26.8. The lowest BCUT2D eigenvalue weighted by molar-refractivity contribution is -0.0200. The molecule has 0 aliphatic carbocycles. The fraction of sp³-hybridized carbons (Fsp3) is 0.387. The van der Waals surface area contributed by atoms with E-state index in [0.29, 0.717) is 64.9 Å². The third-order valence-corrected chi connectivity index (χ3v) is 7.02. The van der Waals surface area contributed by atoms with Crippen molar-refractivity contribution >= 4 is 6.09 Å². The molecule has 0 bridgehead atoms.